The van der Waals surface area contributed by atoms with Gasteiger partial charge in [-0.15, -0.1) is 11.8 Å². The highest BCUT2D eigenvalue weighted by Crippen LogP contribution is 2.28. The Kier molecular flexibility index (Phi) is 3.77. The second kappa shape index (κ2) is 4.65. The third kappa shape index (κ3) is 2.19. The average Bonchev–Trinajstić information content (AvgIpc) is 2.15. The van der Waals surface area contributed by atoms with Crippen molar-refractivity contribution in [2.24, 2.45) is 0 Å². The van der Waals surface area contributed by atoms with Crippen LogP contribution in [0.15, 0.2) is 0 Å². The number of nitrogens with zero attached hydrogens (tertiary/aromatic N) is 1. The molecule has 0 radical (unpaired) electrons. The molecule has 80 valence electrons. The van der Waals surface area contributed by atoms with E-state index in [1.807, 2.05) is 0 Å². The standard InChI is InChI=1S/C8H14N2O3S/c1-9-6-7(13)10(2)8(6)14-4-3-5(11)12/h6,8-9H,3-4H2,1-2H3,(H,11,12)/t6-,8-/m1/s1. The summed E-state index contributed by atoms with van der Waals surface area (Å²) in [5.74, 6) is -0.192. The van der Waals surface area contributed by atoms with Gasteiger partial charge in [0, 0.05) is 12.8 Å². The van der Waals surface area contributed by atoms with E-state index in [4.69, 9.17) is 5.11 Å². The van der Waals surface area contributed by atoms with Gasteiger partial charge >= 0.3 is 5.97 Å². The number of amides is 1. The molecule has 1 rings (SSSR count). The van der Waals surface area contributed by atoms with Crippen LogP contribution in [0.4, 0.5) is 0 Å². The molecule has 0 aromatic rings. The Morgan fingerprint density at radius 2 is 2.36 bits per heavy atom. The summed E-state index contributed by atoms with van der Waals surface area (Å²) in [5, 5.41) is 11.4. The summed E-state index contributed by atoms with van der Waals surface area (Å²) in [6.45, 7) is 0. The highest BCUT2D eigenvalue weighted by molar-refractivity contribution is 8.00. The van der Waals surface area contributed by atoms with E-state index < -0.39 is 5.97 Å². The lowest BCUT2D eigenvalue weighted by Gasteiger charge is -2.44. The van der Waals surface area contributed by atoms with Crippen molar-refractivity contribution in [3.05, 3.63) is 0 Å². The number of thioether (sulfide) groups is 1. The number of aliphatic carboxylic acids is 1. The first-order chi connectivity index (χ1) is 6.57. The van der Waals surface area contributed by atoms with Crippen LogP contribution in [0.2, 0.25) is 0 Å². The molecule has 1 saturated heterocycles. The summed E-state index contributed by atoms with van der Waals surface area (Å²) in [7, 11) is 3.47. The Balaban J connectivity index is 2.30. The Morgan fingerprint density at radius 3 is 2.86 bits per heavy atom. The van der Waals surface area contributed by atoms with E-state index in [-0.39, 0.29) is 23.7 Å². The molecule has 2 N–H and O–H groups in total. The number of rotatable bonds is 5. The molecular weight excluding hydrogens is 204 g/mol. The zero-order valence-electron chi connectivity index (χ0n) is 8.19. The fourth-order valence-corrected chi connectivity index (χ4v) is 2.66. The molecule has 2 atom stereocenters. The maximum atomic E-state index is 11.2. The number of β-lactam (4-membered cyclic amide) rings is 1. The van der Waals surface area contributed by atoms with E-state index in [1.54, 1.807) is 19.0 Å². The molecule has 5 nitrogen and oxygen atoms in total. The summed E-state index contributed by atoms with van der Waals surface area (Å²) in [4.78, 5) is 23.1. The van der Waals surface area contributed by atoms with Crippen molar-refractivity contribution in [2.75, 3.05) is 19.8 Å². The van der Waals surface area contributed by atoms with Crippen LogP contribution in [0, 0.1) is 0 Å². The minimum Gasteiger partial charge on any atom is -0.481 e. The third-order valence-corrected chi connectivity index (χ3v) is 3.57. The lowest BCUT2D eigenvalue weighted by molar-refractivity contribution is -0.143. The van der Waals surface area contributed by atoms with Gasteiger partial charge in [0.15, 0.2) is 0 Å². The summed E-state index contributed by atoms with van der Waals surface area (Å²) in [5.41, 5.74) is 0. The second-order valence-corrected chi connectivity index (χ2v) is 4.35. The lowest BCUT2D eigenvalue weighted by Crippen LogP contribution is -2.66. The van der Waals surface area contributed by atoms with Crippen LogP contribution in [0.5, 0.6) is 0 Å². The molecule has 0 unspecified atom stereocenters. The fourth-order valence-electron chi connectivity index (χ4n) is 1.35. The number of carboxylic acid groups (broad SMARTS) is 1. The maximum Gasteiger partial charge on any atom is 0.304 e. The van der Waals surface area contributed by atoms with Crippen molar-refractivity contribution in [1.29, 1.82) is 0 Å². The molecule has 14 heavy (non-hydrogen) atoms. The summed E-state index contributed by atoms with van der Waals surface area (Å²) >= 11 is 1.50. The zero-order valence-corrected chi connectivity index (χ0v) is 9.00. The number of carboxylic acids is 1. The summed E-state index contributed by atoms with van der Waals surface area (Å²) < 4.78 is 0. The molecule has 1 aliphatic heterocycles. The molecule has 0 aromatic carbocycles. The number of likely N-dealkylation sites (N-methyl/N-ethyl adjacent to an activating group) is 2. The molecule has 0 aliphatic carbocycles. The van der Waals surface area contributed by atoms with Gasteiger partial charge in [0.1, 0.15) is 11.4 Å². The molecule has 0 spiro atoms. The van der Waals surface area contributed by atoms with Crippen LogP contribution < -0.4 is 5.32 Å². The van der Waals surface area contributed by atoms with Gasteiger partial charge in [-0.2, -0.15) is 0 Å². The smallest absolute Gasteiger partial charge is 0.304 e. The van der Waals surface area contributed by atoms with E-state index in [2.05, 4.69) is 5.32 Å². The summed E-state index contributed by atoms with van der Waals surface area (Å²) in [6.07, 6.45) is 0.139. The summed E-state index contributed by atoms with van der Waals surface area (Å²) in [6, 6.07) is -0.154. The first kappa shape index (κ1) is 11.3. The SMILES string of the molecule is CN[C@@H]1C(=O)N(C)[C@@H]1SCCC(=O)O. The van der Waals surface area contributed by atoms with Crippen molar-refractivity contribution < 1.29 is 14.7 Å². The van der Waals surface area contributed by atoms with Crippen molar-refractivity contribution in [3.63, 3.8) is 0 Å². The van der Waals surface area contributed by atoms with Crippen LogP contribution in [-0.2, 0) is 9.59 Å². The monoisotopic (exact) mass is 218 g/mol. The predicted molar refractivity (Wildman–Crippen MR) is 54.1 cm³/mol. The first-order valence-electron chi connectivity index (χ1n) is 4.35. The van der Waals surface area contributed by atoms with Gasteiger partial charge < -0.3 is 15.3 Å². The molecule has 0 saturated carbocycles. The van der Waals surface area contributed by atoms with Crippen LogP contribution in [0.25, 0.3) is 0 Å². The Hall–Kier alpha value is -0.750. The largest absolute Gasteiger partial charge is 0.481 e. The lowest BCUT2D eigenvalue weighted by atomic mass is 10.1. The second-order valence-electron chi connectivity index (χ2n) is 3.12. The molecule has 1 heterocycles. The van der Waals surface area contributed by atoms with Crippen LogP contribution in [0.1, 0.15) is 6.42 Å². The topological polar surface area (TPSA) is 69.6 Å². The molecular formula is C8H14N2O3S. The van der Waals surface area contributed by atoms with Crippen molar-refractivity contribution >= 4 is 23.6 Å². The van der Waals surface area contributed by atoms with Crippen LogP contribution in [0.3, 0.4) is 0 Å². The number of hydrogen-bond donors (Lipinski definition) is 2. The first-order valence-corrected chi connectivity index (χ1v) is 5.40. The highest BCUT2D eigenvalue weighted by Gasteiger charge is 2.43. The van der Waals surface area contributed by atoms with Gasteiger partial charge in [-0.3, -0.25) is 9.59 Å². The Morgan fingerprint density at radius 1 is 1.71 bits per heavy atom. The van der Waals surface area contributed by atoms with Crippen LogP contribution >= 0.6 is 11.8 Å². The van der Waals surface area contributed by atoms with Gasteiger partial charge in [-0.05, 0) is 7.05 Å². The van der Waals surface area contributed by atoms with E-state index in [0.717, 1.165) is 0 Å². The fraction of sp³-hybridized carbons (Fsp3) is 0.750. The van der Waals surface area contributed by atoms with Gasteiger partial charge in [0.2, 0.25) is 5.91 Å². The van der Waals surface area contributed by atoms with Gasteiger partial charge in [-0.1, -0.05) is 0 Å². The molecule has 6 heteroatoms. The Bertz CT molecular complexity index is 247. The predicted octanol–water partition coefficient (Wildman–Crippen LogP) is -0.420. The van der Waals surface area contributed by atoms with Gasteiger partial charge in [-0.25, -0.2) is 0 Å². The van der Waals surface area contributed by atoms with Crippen molar-refractivity contribution in [1.82, 2.24) is 10.2 Å². The number of hydrogen-bond acceptors (Lipinski definition) is 4. The van der Waals surface area contributed by atoms with E-state index >= 15 is 0 Å². The molecule has 1 amide bonds. The third-order valence-electron chi connectivity index (χ3n) is 2.20. The van der Waals surface area contributed by atoms with Crippen molar-refractivity contribution in [3.8, 4) is 0 Å². The van der Waals surface area contributed by atoms with E-state index in [0.29, 0.717) is 5.75 Å². The molecule has 0 aromatic heterocycles. The van der Waals surface area contributed by atoms with E-state index in [9.17, 15) is 9.59 Å². The zero-order chi connectivity index (χ0) is 10.7. The van der Waals surface area contributed by atoms with E-state index in [1.165, 1.54) is 11.8 Å². The molecule has 1 aliphatic rings. The minimum absolute atomic E-state index is 0.0697. The maximum absolute atomic E-state index is 11.2. The van der Waals surface area contributed by atoms with Gasteiger partial charge in [0.05, 0.1) is 6.42 Å². The number of likely N-dealkylation sites (tertiary alicyclic amines) is 1. The highest BCUT2D eigenvalue weighted by atomic mass is 32.2. The van der Waals surface area contributed by atoms with Crippen molar-refractivity contribution in [2.45, 2.75) is 17.8 Å². The average molecular weight is 218 g/mol. The normalized spacial score (nSPS) is 26.1. The molecule has 1 fully saturated rings. The molecule has 0 bridgehead atoms. The van der Waals surface area contributed by atoms with Gasteiger partial charge in [0.25, 0.3) is 0 Å². The quantitative estimate of drug-likeness (QED) is 0.613. The number of nitrogens with one attached hydrogen (secondary N) is 1. The minimum atomic E-state index is -0.799. The van der Waals surface area contributed by atoms with Crippen LogP contribution in [-0.4, -0.2) is 53.1 Å². The number of carbonyl (C=O) groups is 2. The number of carbonyl (C=O) groups excluding carboxylic acids is 1. The Labute approximate surface area is 86.8 Å².